The van der Waals surface area contributed by atoms with Crippen LogP contribution in [0, 0.1) is 20.8 Å². The summed E-state index contributed by atoms with van der Waals surface area (Å²) in [5.41, 5.74) is 5.25. The van der Waals surface area contributed by atoms with Crippen molar-refractivity contribution in [1.29, 1.82) is 0 Å². The Kier molecular flexibility index (Phi) is 3.20. The minimum absolute atomic E-state index is 0.688. The monoisotopic (exact) mass is 359 g/mol. The zero-order valence-electron chi connectivity index (χ0n) is 15.8. The van der Waals surface area contributed by atoms with Crippen LogP contribution in [0.15, 0.2) is 54.3 Å². The molecule has 1 spiro atoms. The van der Waals surface area contributed by atoms with Crippen LogP contribution in [0.3, 0.4) is 0 Å². The molecule has 27 heavy (non-hydrogen) atoms. The van der Waals surface area contributed by atoms with Gasteiger partial charge in [0, 0.05) is 6.08 Å². The van der Waals surface area contributed by atoms with Crippen LogP contribution in [0.1, 0.15) is 29.3 Å². The first-order chi connectivity index (χ1) is 13.0. The summed E-state index contributed by atoms with van der Waals surface area (Å²) in [6.45, 7) is 8.11. The van der Waals surface area contributed by atoms with Gasteiger partial charge in [0.05, 0.1) is 17.1 Å². The third-order valence-electron chi connectivity index (χ3n) is 5.31. The van der Waals surface area contributed by atoms with Gasteiger partial charge in [-0.05, 0) is 57.0 Å². The number of rotatable bonds is 1. The average Bonchev–Trinajstić information content (AvgIpc) is 3.18. The smallest absolute Gasteiger partial charge is 0.237 e. The molecule has 2 aliphatic heterocycles. The predicted molar refractivity (Wildman–Crippen MR) is 105 cm³/mol. The summed E-state index contributed by atoms with van der Waals surface area (Å²) in [6, 6.07) is 14.2. The van der Waals surface area contributed by atoms with Gasteiger partial charge in [0.1, 0.15) is 17.1 Å². The Bertz CT molecular complexity index is 1100. The Hall–Kier alpha value is -3.21. The minimum atomic E-state index is -0.810. The van der Waals surface area contributed by atoms with Gasteiger partial charge in [0.25, 0.3) is 0 Å². The second-order valence-electron chi connectivity index (χ2n) is 7.22. The van der Waals surface area contributed by atoms with Gasteiger partial charge in [0.15, 0.2) is 0 Å². The lowest BCUT2D eigenvalue weighted by Gasteiger charge is -2.31. The summed E-state index contributed by atoms with van der Waals surface area (Å²) < 4.78 is 14.5. The van der Waals surface area contributed by atoms with Gasteiger partial charge in [-0.3, -0.25) is 0 Å². The molecule has 2 aromatic carbocycles. The number of fused-ring (bicyclic) bond motifs is 3. The maximum atomic E-state index is 6.55. The number of nitrogens with zero attached hydrogens (tertiary/aromatic N) is 2. The number of hydrogen-bond acceptors (Lipinski definition) is 4. The van der Waals surface area contributed by atoms with Gasteiger partial charge in [-0.25, -0.2) is 4.68 Å². The molecule has 1 unspecified atom stereocenters. The van der Waals surface area contributed by atoms with Crippen LogP contribution < -0.4 is 14.8 Å². The summed E-state index contributed by atoms with van der Waals surface area (Å²) in [4.78, 5) is 0. The van der Waals surface area contributed by atoms with Crippen LogP contribution in [0.25, 0.3) is 5.69 Å². The van der Waals surface area contributed by atoms with Gasteiger partial charge < -0.3 is 14.8 Å². The van der Waals surface area contributed by atoms with E-state index in [-0.39, 0.29) is 0 Å². The van der Waals surface area contributed by atoms with E-state index < -0.39 is 5.72 Å². The van der Waals surface area contributed by atoms with Crippen molar-refractivity contribution in [2.24, 2.45) is 0 Å². The Morgan fingerprint density at radius 1 is 1.00 bits per heavy atom. The number of anilines is 1. The van der Waals surface area contributed by atoms with Crippen molar-refractivity contribution in [2.75, 3.05) is 5.32 Å². The van der Waals surface area contributed by atoms with Crippen molar-refractivity contribution >= 4 is 5.69 Å². The lowest BCUT2D eigenvalue weighted by molar-refractivity contribution is 0.152. The van der Waals surface area contributed by atoms with Gasteiger partial charge in [0.2, 0.25) is 11.6 Å². The minimum Gasteiger partial charge on any atom is -0.457 e. The quantitative estimate of drug-likeness (QED) is 0.681. The number of benzene rings is 2. The van der Waals surface area contributed by atoms with Crippen LogP contribution in [-0.2, 0) is 5.72 Å². The largest absolute Gasteiger partial charge is 0.457 e. The number of hydrogen-bond donors (Lipinski definition) is 1. The SMILES string of the molecule is CC1=CC2(Nc3ccc(C)c(C)c3O2)c2c(C)nn(-c3ccccc3)c2O1. The molecule has 0 bridgehead atoms. The molecule has 0 saturated heterocycles. The fraction of sp³-hybridized carbons (Fsp3) is 0.227. The lowest BCUT2D eigenvalue weighted by atomic mass is 10.0. The molecule has 1 aromatic heterocycles. The Morgan fingerprint density at radius 3 is 2.56 bits per heavy atom. The normalized spacial score (nSPS) is 19.6. The molecule has 3 aromatic rings. The van der Waals surface area contributed by atoms with E-state index in [4.69, 9.17) is 14.6 Å². The fourth-order valence-electron chi connectivity index (χ4n) is 3.90. The number of para-hydroxylation sites is 1. The van der Waals surface area contributed by atoms with Crippen LogP contribution >= 0.6 is 0 Å². The molecule has 0 radical (unpaired) electrons. The maximum absolute atomic E-state index is 6.55. The van der Waals surface area contributed by atoms with Crippen LogP contribution in [0.2, 0.25) is 0 Å². The number of allylic oxidation sites excluding steroid dienone is 1. The molecule has 1 N–H and O–H groups in total. The molecule has 2 aliphatic rings. The number of aryl methyl sites for hydroxylation is 2. The average molecular weight is 359 g/mol. The third kappa shape index (κ3) is 2.21. The molecule has 0 fully saturated rings. The first-order valence-electron chi connectivity index (χ1n) is 9.09. The maximum Gasteiger partial charge on any atom is 0.237 e. The Morgan fingerprint density at radius 2 is 1.78 bits per heavy atom. The second-order valence-corrected chi connectivity index (χ2v) is 7.22. The summed E-state index contributed by atoms with van der Waals surface area (Å²) >= 11 is 0. The number of aromatic nitrogens is 2. The van der Waals surface area contributed by atoms with Crippen molar-refractivity contribution in [3.8, 4) is 17.3 Å². The highest BCUT2D eigenvalue weighted by Crippen LogP contribution is 2.50. The highest BCUT2D eigenvalue weighted by atomic mass is 16.5. The lowest BCUT2D eigenvalue weighted by Crippen LogP contribution is -2.38. The molecule has 0 amide bonds. The van der Waals surface area contributed by atoms with Crippen LogP contribution in [0.4, 0.5) is 5.69 Å². The standard InChI is InChI=1S/C22H21N3O2/c1-13-10-11-18-20(15(13)3)27-22(23-18)12-14(2)26-21-19(22)16(4)24-25(21)17-8-6-5-7-9-17/h5-12,23H,1-4H3. The van der Waals surface area contributed by atoms with Crippen molar-refractivity contribution < 1.29 is 9.47 Å². The highest BCUT2D eigenvalue weighted by molar-refractivity contribution is 5.70. The molecule has 1 atom stereocenters. The Balaban J connectivity index is 1.71. The van der Waals surface area contributed by atoms with E-state index in [0.29, 0.717) is 5.88 Å². The van der Waals surface area contributed by atoms with E-state index in [1.165, 1.54) is 5.56 Å². The molecular weight excluding hydrogens is 338 g/mol. The Labute approximate surface area is 158 Å². The van der Waals surface area contributed by atoms with E-state index >= 15 is 0 Å². The van der Waals surface area contributed by atoms with Crippen LogP contribution in [-0.4, -0.2) is 9.78 Å². The zero-order valence-corrected chi connectivity index (χ0v) is 15.8. The summed E-state index contributed by atoms with van der Waals surface area (Å²) in [5.74, 6) is 2.35. The number of nitrogens with one attached hydrogen (secondary N) is 1. The van der Waals surface area contributed by atoms with E-state index in [9.17, 15) is 0 Å². The zero-order chi connectivity index (χ0) is 18.8. The third-order valence-corrected chi connectivity index (χ3v) is 5.31. The second kappa shape index (κ2) is 5.39. The van der Waals surface area contributed by atoms with E-state index in [0.717, 1.165) is 39.7 Å². The summed E-state index contributed by atoms with van der Waals surface area (Å²) in [6.07, 6.45) is 1.99. The van der Waals surface area contributed by atoms with E-state index in [1.807, 2.05) is 54.9 Å². The number of ether oxygens (including phenoxy) is 2. The molecule has 5 rings (SSSR count). The van der Waals surface area contributed by atoms with Crippen molar-refractivity contribution in [3.63, 3.8) is 0 Å². The molecule has 136 valence electrons. The molecule has 5 heteroatoms. The van der Waals surface area contributed by atoms with E-state index in [2.05, 4.69) is 31.3 Å². The van der Waals surface area contributed by atoms with E-state index in [1.54, 1.807) is 0 Å². The highest BCUT2D eigenvalue weighted by Gasteiger charge is 2.48. The summed E-state index contributed by atoms with van der Waals surface area (Å²) in [7, 11) is 0. The van der Waals surface area contributed by atoms with Gasteiger partial charge in [-0.15, -0.1) is 0 Å². The molecular formula is C22H21N3O2. The molecule has 0 aliphatic carbocycles. The van der Waals surface area contributed by atoms with Crippen molar-refractivity contribution in [3.05, 3.63) is 76.7 Å². The first kappa shape index (κ1) is 16.0. The van der Waals surface area contributed by atoms with Crippen molar-refractivity contribution in [2.45, 2.75) is 33.4 Å². The molecule has 0 saturated carbocycles. The first-order valence-corrected chi connectivity index (χ1v) is 9.09. The molecule has 5 nitrogen and oxygen atoms in total. The van der Waals surface area contributed by atoms with Gasteiger partial charge in [-0.1, -0.05) is 24.3 Å². The van der Waals surface area contributed by atoms with Crippen LogP contribution in [0.5, 0.6) is 11.6 Å². The van der Waals surface area contributed by atoms with Gasteiger partial charge in [-0.2, -0.15) is 5.10 Å². The van der Waals surface area contributed by atoms with Crippen molar-refractivity contribution in [1.82, 2.24) is 9.78 Å². The van der Waals surface area contributed by atoms with Gasteiger partial charge >= 0.3 is 0 Å². The topological polar surface area (TPSA) is 48.3 Å². The summed E-state index contributed by atoms with van der Waals surface area (Å²) in [5, 5.41) is 8.34. The fourth-order valence-corrected chi connectivity index (χ4v) is 3.90. The predicted octanol–water partition coefficient (Wildman–Crippen LogP) is 4.75. The molecule has 3 heterocycles.